The van der Waals surface area contributed by atoms with E-state index in [1.54, 1.807) is 4.90 Å². The van der Waals surface area contributed by atoms with Gasteiger partial charge in [0.15, 0.2) is 0 Å². The third-order valence-corrected chi connectivity index (χ3v) is 5.29. The van der Waals surface area contributed by atoms with Crippen LogP contribution in [0.4, 0.5) is 0 Å². The standard InChI is InChI=1S/C19H29N3O3S/c1-14(2)15-3-5-16(6-4-15)17(20)11-21-18(23)12-26-13-19(24)22-7-9-25-10-8-22/h3-6,14,17H,7-13,20H2,1-2H3,(H,21,23). The number of carbonyl (C=O) groups is 2. The van der Waals surface area contributed by atoms with Crippen LogP contribution >= 0.6 is 11.8 Å². The molecule has 3 N–H and O–H groups in total. The zero-order valence-electron chi connectivity index (χ0n) is 15.6. The van der Waals surface area contributed by atoms with Gasteiger partial charge in [0.2, 0.25) is 11.8 Å². The summed E-state index contributed by atoms with van der Waals surface area (Å²) in [5.74, 6) is 1.02. The first-order valence-corrected chi connectivity index (χ1v) is 10.2. The first kappa shape index (κ1) is 20.7. The molecule has 0 spiro atoms. The highest BCUT2D eigenvalue weighted by molar-refractivity contribution is 8.00. The molecule has 1 aromatic carbocycles. The lowest BCUT2D eigenvalue weighted by Gasteiger charge is -2.26. The molecule has 0 saturated carbocycles. The van der Waals surface area contributed by atoms with Crippen molar-refractivity contribution in [3.63, 3.8) is 0 Å². The quantitative estimate of drug-likeness (QED) is 0.715. The highest BCUT2D eigenvalue weighted by Crippen LogP contribution is 2.17. The normalized spacial score (nSPS) is 15.8. The summed E-state index contributed by atoms with van der Waals surface area (Å²) in [6.45, 7) is 7.14. The minimum absolute atomic E-state index is 0.0630. The van der Waals surface area contributed by atoms with E-state index in [2.05, 4.69) is 31.3 Å². The second kappa shape index (κ2) is 10.5. The summed E-state index contributed by atoms with van der Waals surface area (Å²) in [6, 6.07) is 7.95. The topological polar surface area (TPSA) is 84.7 Å². The van der Waals surface area contributed by atoms with Crippen molar-refractivity contribution >= 4 is 23.6 Å². The summed E-state index contributed by atoms with van der Waals surface area (Å²) < 4.78 is 5.22. The number of nitrogens with two attached hydrogens (primary N) is 1. The molecule has 7 heteroatoms. The van der Waals surface area contributed by atoms with Crippen LogP contribution in [0.5, 0.6) is 0 Å². The van der Waals surface area contributed by atoms with Gasteiger partial charge in [0.25, 0.3) is 0 Å². The molecule has 1 heterocycles. The number of thioether (sulfide) groups is 1. The van der Waals surface area contributed by atoms with Crippen LogP contribution in [0.2, 0.25) is 0 Å². The van der Waals surface area contributed by atoms with Crippen LogP contribution in [0.15, 0.2) is 24.3 Å². The van der Waals surface area contributed by atoms with Gasteiger partial charge in [-0.3, -0.25) is 9.59 Å². The van der Waals surface area contributed by atoms with E-state index in [1.165, 1.54) is 17.3 Å². The summed E-state index contributed by atoms with van der Waals surface area (Å²) in [4.78, 5) is 25.7. The Labute approximate surface area is 159 Å². The fraction of sp³-hybridized carbons (Fsp3) is 0.579. The molecule has 26 heavy (non-hydrogen) atoms. The highest BCUT2D eigenvalue weighted by atomic mass is 32.2. The monoisotopic (exact) mass is 379 g/mol. The van der Waals surface area contributed by atoms with Crippen LogP contribution in [-0.2, 0) is 14.3 Å². The van der Waals surface area contributed by atoms with Crippen LogP contribution in [0.25, 0.3) is 0 Å². The number of carbonyl (C=O) groups excluding carboxylic acids is 2. The van der Waals surface area contributed by atoms with Gasteiger partial charge in [-0.05, 0) is 17.0 Å². The fourth-order valence-electron chi connectivity index (χ4n) is 2.66. The van der Waals surface area contributed by atoms with Gasteiger partial charge in [0.05, 0.1) is 24.7 Å². The van der Waals surface area contributed by atoms with Crippen LogP contribution in [-0.4, -0.2) is 61.1 Å². The maximum Gasteiger partial charge on any atom is 0.232 e. The number of amides is 2. The Morgan fingerprint density at radius 2 is 1.77 bits per heavy atom. The third kappa shape index (κ3) is 6.63. The van der Waals surface area contributed by atoms with Crippen LogP contribution < -0.4 is 11.1 Å². The minimum atomic E-state index is -0.236. The Balaban J connectivity index is 1.65. The molecule has 144 valence electrons. The molecule has 1 atom stereocenters. The molecule has 1 aliphatic heterocycles. The van der Waals surface area contributed by atoms with Gasteiger partial charge in [-0.2, -0.15) is 0 Å². The Morgan fingerprint density at radius 1 is 1.15 bits per heavy atom. The van der Waals surface area contributed by atoms with E-state index in [0.29, 0.717) is 44.5 Å². The average Bonchev–Trinajstić information content (AvgIpc) is 2.66. The number of benzene rings is 1. The first-order valence-electron chi connectivity index (χ1n) is 9.02. The number of hydrogen-bond donors (Lipinski definition) is 2. The number of nitrogens with zero attached hydrogens (tertiary/aromatic N) is 1. The summed E-state index contributed by atoms with van der Waals surface area (Å²) in [7, 11) is 0. The van der Waals surface area contributed by atoms with Gasteiger partial charge >= 0.3 is 0 Å². The number of morpholine rings is 1. The maximum atomic E-state index is 12.0. The van der Waals surface area contributed by atoms with Crippen molar-refractivity contribution in [2.24, 2.45) is 5.73 Å². The summed E-state index contributed by atoms with van der Waals surface area (Å²) in [6.07, 6.45) is 0. The van der Waals surface area contributed by atoms with Crippen LogP contribution in [0.1, 0.15) is 36.9 Å². The fourth-order valence-corrected chi connectivity index (χ4v) is 3.40. The molecule has 6 nitrogen and oxygen atoms in total. The van der Waals surface area contributed by atoms with Crippen molar-refractivity contribution in [1.29, 1.82) is 0 Å². The zero-order chi connectivity index (χ0) is 18.9. The van der Waals surface area contributed by atoms with Crippen molar-refractivity contribution in [2.75, 3.05) is 44.4 Å². The molecule has 0 radical (unpaired) electrons. The van der Waals surface area contributed by atoms with Crippen LogP contribution in [0, 0.1) is 0 Å². The van der Waals surface area contributed by atoms with E-state index in [-0.39, 0.29) is 23.6 Å². The predicted molar refractivity (Wildman–Crippen MR) is 105 cm³/mol. The molecule has 0 aromatic heterocycles. The van der Waals surface area contributed by atoms with E-state index in [0.717, 1.165) is 5.56 Å². The second-order valence-electron chi connectivity index (χ2n) is 6.72. The summed E-state index contributed by atoms with van der Waals surface area (Å²) in [5, 5.41) is 2.84. The first-order chi connectivity index (χ1) is 12.5. The van der Waals surface area contributed by atoms with Gasteiger partial charge in [0.1, 0.15) is 0 Å². The molecule has 0 aliphatic carbocycles. The van der Waals surface area contributed by atoms with Gasteiger partial charge in [-0.25, -0.2) is 0 Å². The Bertz CT molecular complexity index is 586. The van der Waals surface area contributed by atoms with Gasteiger partial charge in [0, 0.05) is 25.7 Å². The van der Waals surface area contributed by atoms with E-state index in [4.69, 9.17) is 10.5 Å². The van der Waals surface area contributed by atoms with Crippen molar-refractivity contribution in [3.05, 3.63) is 35.4 Å². The minimum Gasteiger partial charge on any atom is -0.378 e. The maximum absolute atomic E-state index is 12.0. The zero-order valence-corrected chi connectivity index (χ0v) is 16.4. The molecule has 1 saturated heterocycles. The lowest BCUT2D eigenvalue weighted by atomic mass is 9.99. The van der Waals surface area contributed by atoms with Gasteiger partial charge < -0.3 is 20.7 Å². The van der Waals surface area contributed by atoms with E-state index < -0.39 is 0 Å². The average molecular weight is 380 g/mol. The molecule has 2 amide bonds. The molecule has 1 aromatic rings. The largest absolute Gasteiger partial charge is 0.378 e. The summed E-state index contributed by atoms with van der Waals surface area (Å²) >= 11 is 1.33. The highest BCUT2D eigenvalue weighted by Gasteiger charge is 2.17. The molecule has 2 rings (SSSR count). The molecule has 0 bridgehead atoms. The molecular formula is C19H29N3O3S. The van der Waals surface area contributed by atoms with Crippen molar-refractivity contribution in [1.82, 2.24) is 10.2 Å². The third-order valence-electron chi connectivity index (χ3n) is 4.37. The van der Waals surface area contributed by atoms with Gasteiger partial charge in [-0.15, -0.1) is 11.8 Å². The number of hydrogen-bond acceptors (Lipinski definition) is 5. The smallest absolute Gasteiger partial charge is 0.232 e. The number of nitrogens with one attached hydrogen (secondary N) is 1. The lowest BCUT2D eigenvalue weighted by molar-refractivity contribution is -0.132. The molecular weight excluding hydrogens is 350 g/mol. The molecule has 1 unspecified atom stereocenters. The Morgan fingerprint density at radius 3 is 2.38 bits per heavy atom. The Hall–Kier alpha value is -1.57. The lowest BCUT2D eigenvalue weighted by Crippen LogP contribution is -2.41. The van der Waals surface area contributed by atoms with E-state index >= 15 is 0 Å². The molecule has 1 fully saturated rings. The van der Waals surface area contributed by atoms with Crippen molar-refractivity contribution in [3.8, 4) is 0 Å². The van der Waals surface area contributed by atoms with E-state index in [1.807, 2.05) is 12.1 Å². The van der Waals surface area contributed by atoms with Crippen LogP contribution in [0.3, 0.4) is 0 Å². The predicted octanol–water partition coefficient (Wildman–Crippen LogP) is 1.52. The van der Waals surface area contributed by atoms with Gasteiger partial charge in [-0.1, -0.05) is 38.1 Å². The SMILES string of the molecule is CC(C)c1ccc(C(N)CNC(=O)CSCC(=O)N2CCOCC2)cc1. The second-order valence-corrected chi connectivity index (χ2v) is 7.70. The van der Waals surface area contributed by atoms with Crippen molar-refractivity contribution < 1.29 is 14.3 Å². The van der Waals surface area contributed by atoms with Crippen molar-refractivity contribution in [2.45, 2.75) is 25.8 Å². The number of ether oxygens (including phenoxy) is 1. The molecule has 1 aliphatic rings. The summed E-state index contributed by atoms with van der Waals surface area (Å²) in [5.41, 5.74) is 8.42. The van der Waals surface area contributed by atoms with E-state index in [9.17, 15) is 9.59 Å². The Kier molecular flexibility index (Phi) is 8.41. The number of rotatable bonds is 8.